The van der Waals surface area contributed by atoms with Crippen LogP contribution in [0.1, 0.15) is 0 Å². The molecule has 0 spiro atoms. The first kappa shape index (κ1) is 35.4. The van der Waals surface area contributed by atoms with Crippen molar-refractivity contribution in [3.05, 3.63) is 207 Å². The second-order valence-electron chi connectivity index (χ2n) is 13.9. The summed E-state index contributed by atoms with van der Waals surface area (Å²) in [6.07, 6.45) is 5.48. The molecule has 0 saturated carbocycles. The molecular formula is C51H32N5OPt-3. The molecule has 0 saturated heterocycles. The molecule has 3 aromatic heterocycles. The fourth-order valence-electron chi connectivity index (χ4n) is 8.10. The van der Waals surface area contributed by atoms with Crippen molar-refractivity contribution in [2.45, 2.75) is 0 Å². The third kappa shape index (κ3) is 6.01. The third-order valence-corrected chi connectivity index (χ3v) is 10.6. The van der Waals surface area contributed by atoms with Crippen molar-refractivity contribution in [2.24, 2.45) is 0 Å². The van der Waals surface area contributed by atoms with Gasteiger partial charge in [0.2, 0.25) is 0 Å². The van der Waals surface area contributed by atoms with E-state index in [1.165, 1.54) is 5.39 Å². The number of aromatic nitrogens is 3. The molecule has 0 N–H and O–H groups in total. The van der Waals surface area contributed by atoms with Gasteiger partial charge in [-0.15, -0.1) is 48.1 Å². The summed E-state index contributed by atoms with van der Waals surface area (Å²) < 4.78 is 8.66. The van der Waals surface area contributed by atoms with Gasteiger partial charge in [0, 0.05) is 78.5 Å². The zero-order valence-electron chi connectivity index (χ0n) is 30.9. The standard InChI is InChI=1S/C51H32N5O.Pt/c1-3-13-35(14-4-1)41-21-12-22-42(36-15-5-2-6-16-36)50(41)55-34-54(46-27-24-37-17-7-8-20-43(37)51(46)55)38-18-11-19-39(31-38)57-40-25-26-44-45-28-30-52-33-48(45)56(47(44)32-40)49-23-9-10-29-53-49;/h1-30,33-34H;/q-3;. The van der Waals surface area contributed by atoms with Crippen molar-refractivity contribution in [3.63, 3.8) is 0 Å². The quantitative estimate of drug-likeness (QED) is 0.149. The van der Waals surface area contributed by atoms with E-state index in [-0.39, 0.29) is 21.1 Å². The van der Waals surface area contributed by atoms with Crippen LogP contribution in [0.4, 0.5) is 22.7 Å². The maximum Gasteiger partial charge on any atom is 0.135 e. The average Bonchev–Trinajstić information content (AvgIpc) is 3.83. The molecule has 7 heteroatoms. The molecule has 0 aliphatic carbocycles. The number of fused-ring (bicyclic) bond motifs is 6. The molecule has 10 aromatic rings. The summed E-state index contributed by atoms with van der Waals surface area (Å²) in [5.74, 6) is 1.94. The largest absolute Gasteiger partial charge is 0.509 e. The van der Waals surface area contributed by atoms with Crippen LogP contribution in [-0.2, 0) is 21.1 Å². The minimum absolute atomic E-state index is 0. The number of benzene rings is 7. The number of hydrogen-bond acceptors (Lipinski definition) is 5. The maximum atomic E-state index is 6.58. The molecule has 7 aromatic carbocycles. The van der Waals surface area contributed by atoms with Gasteiger partial charge in [0.25, 0.3) is 0 Å². The number of para-hydroxylation sites is 1. The van der Waals surface area contributed by atoms with E-state index in [1.54, 1.807) is 6.20 Å². The summed E-state index contributed by atoms with van der Waals surface area (Å²) >= 11 is 0. The number of ether oxygens (including phenoxy) is 1. The Morgan fingerprint density at radius 3 is 2.02 bits per heavy atom. The molecule has 4 heterocycles. The Morgan fingerprint density at radius 1 is 0.517 bits per heavy atom. The summed E-state index contributed by atoms with van der Waals surface area (Å²) in [7, 11) is 0. The normalized spacial score (nSPS) is 12.2. The van der Waals surface area contributed by atoms with Crippen LogP contribution < -0.4 is 14.5 Å². The third-order valence-electron chi connectivity index (χ3n) is 10.6. The van der Waals surface area contributed by atoms with E-state index in [2.05, 4.69) is 171 Å². The van der Waals surface area contributed by atoms with Crippen LogP contribution >= 0.6 is 0 Å². The van der Waals surface area contributed by atoms with E-state index in [0.717, 1.165) is 78.0 Å². The Bertz CT molecular complexity index is 3040. The molecule has 280 valence electrons. The van der Waals surface area contributed by atoms with E-state index in [9.17, 15) is 0 Å². The number of hydrogen-bond donors (Lipinski definition) is 0. The van der Waals surface area contributed by atoms with Crippen molar-refractivity contribution in [1.29, 1.82) is 0 Å². The molecular weight excluding hydrogens is 894 g/mol. The molecule has 58 heavy (non-hydrogen) atoms. The Balaban J connectivity index is 0.00000408. The zero-order chi connectivity index (χ0) is 37.7. The smallest absolute Gasteiger partial charge is 0.135 e. The molecule has 11 rings (SSSR count). The predicted molar refractivity (Wildman–Crippen MR) is 230 cm³/mol. The Hall–Kier alpha value is -7.01. The van der Waals surface area contributed by atoms with Crippen LogP contribution in [-0.4, -0.2) is 14.5 Å². The van der Waals surface area contributed by atoms with Gasteiger partial charge in [0.1, 0.15) is 5.82 Å². The van der Waals surface area contributed by atoms with E-state index >= 15 is 0 Å². The van der Waals surface area contributed by atoms with Crippen LogP contribution in [0.25, 0.3) is 60.6 Å². The molecule has 0 radical (unpaired) electrons. The second kappa shape index (κ2) is 14.8. The predicted octanol–water partition coefficient (Wildman–Crippen LogP) is 12.9. The Labute approximate surface area is 350 Å². The van der Waals surface area contributed by atoms with Crippen LogP contribution in [0.15, 0.2) is 188 Å². The summed E-state index contributed by atoms with van der Waals surface area (Å²) in [5.41, 5.74) is 10.5. The van der Waals surface area contributed by atoms with Crippen molar-refractivity contribution in [2.75, 3.05) is 9.80 Å². The van der Waals surface area contributed by atoms with Gasteiger partial charge < -0.3 is 19.1 Å². The van der Waals surface area contributed by atoms with Gasteiger partial charge in [-0.05, 0) is 46.2 Å². The van der Waals surface area contributed by atoms with E-state index < -0.39 is 0 Å². The summed E-state index contributed by atoms with van der Waals surface area (Å²) in [5, 5.41) is 4.45. The second-order valence-corrected chi connectivity index (χ2v) is 13.9. The molecule has 1 aliphatic heterocycles. The van der Waals surface area contributed by atoms with Gasteiger partial charge >= 0.3 is 0 Å². The Kier molecular flexibility index (Phi) is 9.04. The number of anilines is 4. The molecule has 6 nitrogen and oxygen atoms in total. The monoisotopic (exact) mass is 925 g/mol. The van der Waals surface area contributed by atoms with Gasteiger partial charge in [-0.25, -0.2) is 4.98 Å². The van der Waals surface area contributed by atoms with Crippen LogP contribution in [0.5, 0.6) is 11.5 Å². The maximum absolute atomic E-state index is 6.58. The van der Waals surface area contributed by atoms with Crippen molar-refractivity contribution < 1.29 is 25.8 Å². The van der Waals surface area contributed by atoms with Crippen molar-refractivity contribution in [1.82, 2.24) is 14.5 Å². The molecule has 0 fully saturated rings. The van der Waals surface area contributed by atoms with Crippen LogP contribution in [0, 0.1) is 18.8 Å². The van der Waals surface area contributed by atoms with E-state index in [1.807, 2.05) is 54.9 Å². The van der Waals surface area contributed by atoms with Gasteiger partial charge in [-0.1, -0.05) is 121 Å². The van der Waals surface area contributed by atoms with Crippen LogP contribution in [0.3, 0.4) is 0 Å². The molecule has 1 aliphatic rings. The van der Waals surface area contributed by atoms with Gasteiger partial charge in [0.05, 0.1) is 11.7 Å². The summed E-state index contributed by atoms with van der Waals surface area (Å²) in [6, 6.07) is 66.0. The first-order valence-corrected chi connectivity index (χ1v) is 18.9. The van der Waals surface area contributed by atoms with Crippen molar-refractivity contribution in [3.8, 4) is 39.6 Å². The van der Waals surface area contributed by atoms with Crippen LogP contribution in [0.2, 0.25) is 0 Å². The van der Waals surface area contributed by atoms with E-state index in [4.69, 9.17) is 4.74 Å². The molecule has 0 unspecified atom stereocenters. The zero-order valence-corrected chi connectivity index (χ0v) is 33.2. The molecule has 0 amide bonds. The fourth-order valence-corrected chi connectivity index (χ4v) is 8.10. The minimum atomic E-state index is 0. The molecule has 0 atom stereocenters. The average molecular weight is 926 g/mol. The minimum Gasteiger partial charge on any atom is -0.509 e. The number of rotatable bonds is 7. The van der Waals surface area contributed by atoms with Crippen molar-refractivity contribution >= 4 is 55.3 Å². The molecule has 0 bridgehead atoms. The fraction of sp³-hybridized carbons (Fsp3) is 0. The SMILES string of the molecule is [Pt].[c-]1c(Oc2[c-]c3c(cc2)c2ccncc2n3-c2ccccn2)cccc1N1[CH-]N(c2c(-c3ccccc3)cccc2-c2ccccc2)c2c1ccc1ccccc21. The van der Waals surface area contributed by atoms with Gasteiger partial charge in [-0.2, -0.15) is 12.1 Å². The van der Waals surface area contributed by atoms with Gasteiger partial charge in [0.15, 0.2) is 0 Å². The Morgan fingerprint density at radius 2 is 1.24 bits per heavy atom. The number of nitrogens with zero attached hydrogens (tertiary/aromatic N) is 5. The summed E-state index contributed by atoms with van der Waals surface area (Å²) in [6.45, 7) is 2.19. The first-order valence-electron chi connectivity index (χ1n) is 18.9. The number of pyridine rings is 2. The summed E-state index contributed by atoms with van der Waals surface area (Å²) in [4.78, 5) is 13.6. The van der Waals surface area contributed by atoms with Gasteiger partial charge in [-0.3, -0.25) is 4.98 Å². The topological polar surface area (TPSA) is 46.4 Å². The van der Waals surface area contributed by atoms with E-state index in [0.29, 0.717) is 11.5 Å². The first-order chi connectivity index (χ1) is 28.3.